The number of hydrogen-bond donors (Lipinski definition) is 2. The lowest BCUT2D eigenvalue weighted by atomic mass is 10.0. The molecule has 1 unspecified atom stereocenters. The van der Waals surface area contributed by atoms with Gasteiger partial charge in [0.15, 0.2) is 0 Å². The Balaban J connectivity index is 1.94. The molecule has 0 saturated carbocycles. The van der Waals surface area contributed by atoms with Crippen LogP contribution in [0.1, 0.15) is 49.8 Å². The molecule has 14 heteroatoms. The van der Waals surface area contributed by atoms with Crippen LogP contribution in [0.25, 0.3) is 10.7 Å². The number of amides is 1. The van der Waals surface area contributed by atoms with Gasteiger partial charge in [0.1, 0.15) is 15.6 Å². The van der Waals surface area contributed by atoms with E-state index in [0.29, 0.717) is 12.1 Å². The Bertz CT molecular complexity index is 1180. The number of nitrogens with zero attached hydrogens (tertiary/aromatic N) is 3. The van der Waals surface area contributed by atoms with Gasteiger partial charge < -0.3 is 10.4 Å². The minimum absolute atomic E-state index is 0.0799. The van der Waals surface area contributed by atoms with Crippen LogP contribution in [0.15, 0.2) is 36.8 Å². The molecule has 0 bridgehead atoms. The number of aromatic nitrogens is 3. The number of thiazole rings is 1. The summed E-state index contributed by atoms with van der Waals surface area (Å²) in [7, 11) is 0. The number of nitrogens with one attached hydrogen (secondary N) is 1. The molecule has 1 amide bonds. The topological polar surface area (TPSA) is 105 Å². The normalized spacial score (nSPS) is 12.9. The standard InChI is InChI=1S/C19H12F6N4O3S/c1-8(13-14(27-3-2-26-13)16-28-7-12(33-16)17(31)32)29-15(30)9-4-10(18(20,21)22)6-11(5-9)19(23,24)25/h2-8H,1H3,(H,29,30)(H,31,32). The van der Waals surface area contributed by atoms with Gasteiger partial charge in [0, 0.05) is 18.0 Å². The van der Waals surface area contributed by atoms with Crippen LogP contribution in [0, 0.1) is 0 Å². The third-order valence-electron chi connectivity index (χ3n) is 4.25. The zero-order valence-corrected chi connectivity index (χ0v) is 17.1. The maximum absolute atomic E-state index is 13.1. The van der Waals surface area contributed by atoms with Crippen molar-refractivity contribution < 1.29 is 41.0 Å². The molecule has 1 aromatic carbocycles. The molecule has 0 fully saturated rings. The second-order valence-corrected chi connectivity index (χ2v) is 7.65. The molecule has 3 aromatic rings. The van der Waals surface area contributed by atoms with E-state index in [2.05, 4.69) is 20.3 Å². The van der Waals surface area contributed by atoms with Crippen molar-refractivity contribution in [3.05, 3.63) is 64.1 Å². The van der Waals surface area contributed by atoms with Crippen LogP contribution < -0.4 is 5.32 Å². The number of carboxylic acids is 1. The molecular formula is C19H12F6N4O3S. The first-order chi connectivity index (χ1) is 15.3. The summed E-state index contributed by atoms with van der Waals surface area (Å²) in [6, 6.07) is -0.477. The summed E-state index contributed by atoms with van der Waals surface area (Å²) in [5.74, 6) is -2.43. The molecular weight excluding hydrogens is 478 g/mol. The fourth-order valence-electron chi connectivity index (χ4n) is 2.75. The van der Waals surface area contributed by atoms with Gasteiger partial charge in [-0.3, -0.25) is 14.8 Å². The summed E-state index contributed by atoms with van der Waals surface area (Å²) < 4.78 is 78.4. The van der Waals surface area contributed by atoms with Crippen LogP contribution in [-0.2, 0) is 12.4 Å². The van der Waals surface area contributed by atoms with Crippen LogP contribution in [0.3, 0.4) is 0 Å². The fourth-order valence-corrected chi connectivity index (χ4v) is 3.51. The van der Waals surface area contributed by atoms with Crippen molar-refractivity contribution in [3.63, 3.8) is 0 Å². The maximum Gasteiger partial charge on any atom is 0.416 e. The van der Waals surface area contributed by atoms with Crippen molar-refractivity contribution in [1.82, 2.24) is 20.3 Å². The lowest BCUT2D eigenvalue weighted by molar-refractivity contribution is -0.143. The van der Waals surface area contributed by atoms with E-state index in [0.717, 1.165) is 17.5 Å². The Hall–Kier alpha value is -3.55. The Morgan fingerprint density at radius 3 is 2.06 bits per heavy atom. The maximum atomic E-state index is 13.1. The van der Waals surface area contributed by atoms with Gasteiger partial charge in [-0.1, -0.05) is 0 Å². The summed E-state index contributed by atoms with van der Waals surface area (Å²) in [6.45, 7) is 1.38. The van der Waals surface area contributed by atoms with Crippen molar-refractivity contribution in [2.45, 2.75) is 25.3 Å². The van der Waals surface area contributed by atoms with E-state index in [1.54, 1.807) is 0 Å². The predicted octanol–water partition coefficient (Wildman–Crippen LogP) is 4.83. The van der Waals surface area contributed by atoms with E-state index in [-0.39, 0.29) is 27.3 Å². The third-order valence-corrected chi connectivity index (χ3v) is 5.25. The first kappa shape index (κ1) is 24.1. The second-order valence-electron chi connectivity index (χ2n) is 6.61. The van der Waals surface area contributed by atoms with Gasteiger partial charge >= 0.3 is 18.3 Å². The van der Waals surface area contributed by atoms with Crippen molar-refractivity contribution in [3.8, 4) is 10.7 Å². The monoisotopic (exact) mass is 490 g/mol. The van der Waals surface area contributed by atoms with Crippen LogP contribution in [0.4, 0.5) is 26.3 Å². The zero-order chi connectivity index (χ0) is 24.6. The molecule has 33 heavy (non-hydrogen) atoms. The lowest BCUT2D eigenvalue weighted by Crippen LogP contribution is -2.28. The summed E-state index contributed by atoms with van der Waals surface area (Å²) in [6.07, 6.45) is -6.60. The minimum Gasteiger partial charge on any atom is -0.477 e. The Labute approximate surface area is 185 Å². The van der Waals surface area contributed by atoms with Gasteiger partial charge in [-0.05, 0) is 25.1 Å². The summed E-state index contributed by atoms with van der Waals surface area (Å²) >= 11 is 0.774. The number of rotatable bonds is 5. The molecule has 0 aliphatic rings. The van der Waals surface area contributed by atoms with Crippen molar-refractivity contribution in [2.24, 2.45) is 0 Å². The van der Waals surface area contributed by atoms with Crippen molar-refractivity contribution in [1.29, 1.82) is 0 Å². The van der Waals surface area contributed by atoms with Gasteiger partial charge in [0.2, 0.25) is 0 Å². The molecule has 2 N–H and O–H groups in total. The van der Waals surface area contributed by atoms with Crippen molar-refractivity contribution in [2.75, 3.05) is 0 Å². The quantitative estimate of drug-likeness (QED) is 0.497. The number of carbonyl (C=O) groups excluding carboxylic acids is 1. The highest BCUT2D eigenvalue weighted by Crippen LogP contribution is 2.36. The average molecular weight is 490 g/mol. The van der Waals surface area contributed by atoms with E-state index in [9.17, 15) is 35.9 Å². The second kappa shape index (κ2) is 8.77. The fraction of sp³-hybridized carbons (Fsp3) is 0.211. The summed E-state index contributed by atoms with van der Waals surface area (Å²) in [5, 5.41) is 11.5. The minimum atomic E-state index is -5.10. The molecule has 2 heterocycles. The van der Waals surface area contributed by atoms with Crippen molar-refractivity contribution >= 4 is 23.2 Å². The van der Waals surface area contributed by atoms with E-state index >= 15 is 0 Å². The first-order valence-corrected chi connectivity index (χ1v) is 9.69. The molecule has 0 aliphatic heterocycles. The molecule has 174 valence electrons. The van der Waals surface area contributed by atoms with Gasteiger partial charge in [-0.25, -0.2) is 9.78 Å². The van der Waals surface area contributed by atoms with Gasteiger partial charge in [0.05, 0.1) is 29.1 Å². The molecule has 0 saturated heterocycles. The van der Waals surface area contributed by atoms with Crippen LogP contribution >= 0.6 is 11.3 Å². The molecule has 2 aromatic heterocycles. The number of benzene rings is 1. The largest absolute Gasteiger partial charge is 0.477 e. The Morgan fingerprint density at radius 1 is 0.970 bits per heavy atom. The number of alkyl halides is 6. The lowest BCUT2D eigenvalue weighted by Gasteiger charge is -2.17. The highest BCUT2D eigenvalue weighted by atomic mass is 32.1. The number of halogens is 6. The Morgan fingerprint density at radius 2 is 1.55 bits per heavy atom. The van der Waals surface area contributed by atoms with Crippen LogP contribution in [-0.4, -0.2) is 31.9 Å². The smallest absolute Gasteiger partial charge is 0.416 e. The summed E-state index contributed by atoms with van der Waals surface area (Å²) in [5.41, 5.74) is -3.92. The third kappa shape index (κ3) is 5.45. The van der Waals surface area contributed by atoms with E-state index in [4.69, 9.17) is 5.11 Å². The first-order valence-electron chi connectivity index (χ1n) is 8.88. The number of carboxylic acid groups (broad SMARTS) is 1. The van der Waals surface area contributed by atoms with E-state index in [1.807, 2.05) is 0 Å². The van der Waals surface area contributed by atoms with Crippen LogP contribution in [0.5, 0.6) is 0 Å². The van der Waals surface area contributed by atoms with E-state index in [1.165, 1.54) is 19.3 Å². The Kier molecular flexibility index (Phi) is 6.40. The van der Waals surface area contributed by atoms with Gasteiger partial charge in [0.25, 0.3) is 5.91 Å². The molecule has 0 aliphatic carbocycles. The molecule has 3 rings (SSSR count). The number of aromatic carboxylic acids is 1. The molecule has 0 spiro atoms. The van der Waals surface area contributed by atoms with Gasteiger partial charge in [-0.2, -0.15) is 26.3 Å². The predicted molar refractivity (Wildman–Crippen MR) is 102 cm³/mol. The average Bonchev–Trinajstić information content (AvgIpc) is 3.22. The SMILES string of the molecule is CC(NC(=O)c1cc(C(F)(F)F)cc(C(F)(F)F)c1)c1nccnc1-c1ncc(C(=O)O)s1. The number of carbonyl (C=O) groups is 2. The molecule has 0 radical (unpaired) electrons. The highest BCUT2D eigenvalue weighted by Gasteiger charge is 2.37. The van der Waals surface area contributed by atoms with Crippen LogP contribution in [0.2, 0.25) is 0 Å². The highest BCUT2D eigenvalue weighted by molar-refractivity contribution is 7.16. The van der Waals surface area contributed by atoms with Gasteiger partial charge in [-0.15, -0.1) is 11.3 Å². The number of hydrogen-bond acceptors (Lipinski definition) is 6. The summed E-state index contributed by atoms with van der Waals surface area (Å²) in [4.78, 5) is 35.6. The zero-order valence-electron chi connectivity index (χ0n) is 16.3. The van der Waals surface area contributed by atoms with E-state index < -0.39 is 47.0 Å². The molecule has 1 atom stereocenters. The molecule has 7 nitrogen and oxygen atoms in total.